The van der Waals surface area contributed by atoms with E-state index >= 15 is 0 Å². The number of hydrogen-bond donors (Lipinski definition) is 3. The third-order valence-electron chi connectivity index (χ3n) is 1.70. The minimum atomic E-state index is -3.02. The van der Waals surface area contributed by atoms with Gasteiger partial charge in [-0.15, -0.1) is 0 Å². The van der Waals surface area contributed by atoms with Crippen molar-refractivity contribution in [2.24, 2.45) is 0 Å². The summed E-state index contributed by atoms with van der Waals surface area (Å²) in [4.78, 5) is 21.4. The zero-order chi connectivity index (χ0) is 12.8. The van der Waals surface area contributed by atoms with Crippen molar-refractivity contribution < 1.29 is 23.1 Å². The summed E-state index contributed by atoms with van der Waals surface area (Å²) in [5, 5.41) is 13.0. The lowest BCUT2D eigenvalue weighted by atomic mass is 10.3. The molecule has 94 valence electrons. The molecular formula is C8H16N2O5S. The smallest absolute Gasteiger partial charge is 0.325 e. The van der Waals surface area contributed by atoms with Crippen LogP contribution in [0, 0.1) is 0 Å². The van der Waals surface area contributed by atoms with E-state index in [1.165, 1.54) is 6.92 Å². The fourth-order valence-corrected chi connectivity index (χ4v) is 1.51. The number of sulfone groups is 1. The fourth-order valence-electron chi connectivity index (χ4n) is 0.846. The van der Waals surface area contributed by atoms with Crippen LogP contribution in [0.1, 0.15) is 13.3 Å². The molecule has 0 aromatic heterocycles. The highest BCUT2D eigenvalue weighted by molar-refractivity contribution is 7.90. The maximum Gasteiger partial charge on any atom is 0.325 e. The van der Waals surface area contributed by atoms with Crippen molar-refractivity contribution in [3.63, 3.8) is 0 Å². The first-order valence-electron chi connectivity index (χ1n) is 4.67. The Labute approximate surface area is 94.1 Å². The molecule has 0 radical (unpaired) electrons. The van der Waals surface area contributed by atoms with Gasteiger partial charge in [0.15, 0.2) is 0 Å². The second-order valence-electron chi connectivity index (χ2n) is 3.44. The van der Waals surface area contributed by atoms with E-state index < -0.39 is 27.9 Å². The van der Waals surface area contributed by atoms with E-state index in [4.69, 9.17) is 5.11 Å². The highest BCUT2D eigenvalue weighted by Gasteiger charge is 2.13. The number of aliphatic carboxylic acids is 1. The van der Waals surface area contributed by atoms with Crippen LogP contribution in [-0.4, -0.2) is 50.1 Å². The summed E-state index contributed by atoms with van der Waals surface area (Å²) >= 11 is 0. The zero-order valence-electron chi connectivity index (χ0n) is 9.19. The van der Waals surface area contributed by atoms with Gasteiger partial charge in [-0.25, -0.2) is 13.2 Å². The van der Waals surface area contributed by atoms with Crippen molar-refractivity contribution in [2.75, 3.05) is 18.6 Å². The SMILES string of the molecule is C[C@H](NC(=O)NCCCS(C)(=O)=O)C(=O)O. The van der Waals surface area contributed by atoms with Crippen LogP contribution in [0.2, 0.25) is 0 Å². The molecule has 0 aromatic carbocycles. The van der Waals surface area contributed by atoms with E-state index in [2.05, 4.69) is 10.6 Å². The molecule has 3 N–H and O–H groups in total. The van der Waals surface area contributed by atoms with Crippen LogP contribution in [0.3, 0.4) is 0 Å². The van der Waals surface area contributed by atoms with Crippen molar-refractivity contribution >= 4 is 21.8 Å². The summed E-state index contributed by atoms with van der Waals surface area (Å²) in [5.74, 6) is -1.15. The molecule has 0 aliphatic carbocycles. The molecule has 0 aliphatic rings. The molecule has 0 bridgehead atoms. The topological polar surface area (TPSA) is 113 Å². The molecular weight excluding hydrogens is 236 g/mol. The van der Waals surface area contributed by atoms with Crippen molar-refractivity contribution in [3.05, 3.63) is 0 Å². The second-order valence-corrected chi connectivity index (χ2v) is 5.70. The van der Waals surface area contributed by atoms with Gasteiger partial charge in [0.2, 0.25) is 0 Å². The van der Waals surface area contributed by atoms with Crippen molar-refractivity contribution in [1.82, 2.24) is 10.6 Å². The quantitative estimate of drug-likeness (QED) is 0.535. The summed E-state index contributed by atoms with van der Waals surface area (Å²) in [7, 11) is -3.02. The Hall–Kier alpha value is -1.31. The van der Waals surface area contributed by atoms with Crippen LogP contribution >= 0.6 is 0 Å². The number of nitrogens with one attached hydrogen (secondary N) is 2. The average molecular weight is 252 g/mol. The predicted octanol–water partition coefficient (Wildman–Crippen LogP) is -0.807. The number of urea groups is 1. The minimum Gasteiger partial charge on any atom is -0.480 e. The van der Waals surface area contributed by atoms with Gasteiger partial charge in [0.05, 0.1) is 5.75 Å². The Morgan fingerprint density at radius 2 is 1.94 bits per heavy atom. The molecule has 0 aliphatic heterocycles. The van der Waals surface area contributed by atoms with Gasteiger partial charge in [0, 0.05) is 12.8 Å². The van der Waals surface area contributed by atoms with Crippen molar-refractivity contribution in [1.29, 1.82) is 0 Å². The van der Waals surface area contributed by atoms with Crippen LogP contribution in [0.4, 0.5) is 4.79 Å². The van der Waals surface area contributed by atoms with E-state index in [0.717, 1.165) is 6.26 Å². The van der Waals surface area contributed by atoms with Gasteiger partial charge >= 0.3 is 12.0 Å². The molecule has 0 fully saturated rings. The Kier molecular flexibility index (Phi) is 5.79. The number of carboxylic acids is 1. The number of carboxylic acid groups (broad SMARTS) is 1. The van der Waals surface area contributed by atoms with Crippen LogP contribution in [0.25, 0.3) is 0 Å². The monoisotopic (exact) mass is 252 g/mol. The van der Waals surface area contributed by atoms with Gasteiger partial charge < -0.3 is 15.7 Å². The Bertz CT molecular complexity index is 351. The number of carbonyl (C=O) groups excluding carboxylic acids is 1. The zero-order valence-corrected chi connectivity index (χ0v) is 10.0. The summed E-state index contributed by atoms with van der Waals surface area (Å²) in [6, 6.07) is -1.60. The van der Waals surface area contributed by atoms with Gasteiger partial charge in [-0.05, 0) is 13.3 Å². The average Bonchev–Trinajstić information content (AvgIpc) is 2.10. The first kappa shape index (κ1) is 14.7. The van der Waals surface area contributed by atoms with Gasteiger partial charge in [0.25, 0.3) is 0 Å². The molecule has 0 aromatic rings. The third kappa shape index (κ3) is 8.04. The molecule has 0 saturated heterocycles. The van der Waals surface area contributed by atoms with E-state index in [9.17, 15) is 18.0 Å². The van der Waals surface area contributed by atoms with Gasteiger partial charge in [0.1, 0.15) is 15.9 Å². The second kappa shape index (κ2) is 6.31. The summed E-state index contributed by atoms with van der Waals surface area (Å²) in [6.07, 6.45) is 1.41. The van der Waals surface area contributed by atoms with Crippen LogP contribution < -0.4 is 10.6 Å². The molecule has 2 amide bonds. The lowest BCUT2D eigenvalue weighted by molar-refractivity contribution is -0.138. The molecule has 7 nitrogen and oxygen atoms in total. The molecule has 16 heavy (non-hydrogen) atoms. The highest BCUT2D eigenvalue weighted by Crippen LogP contribution is 1.87. The predicted molar refractivity (Wildman–Crippen MR) is 58.0 cm³/mol. The number of rotatable bonds is 6. The normalized spacial score (nSPS) is 12.9. The Balaban J connectivity index is 3.71. The largest absolute Gasteiger partial charge is 0.480 e. The van der Waals surface area contributed by atoms with Crippen LogP contribution in [0.5, 0.6) is 0 Å². The van der Waals surface area contributed by atoms with E-state index in [0.29, 0.717) is 6.42 Å². The molecule has 0 unspecified atom stereocenters. The number of amides is 2. The molecule has 0 heterocycles. The maximum absolute atomic E-state index is 11.0. The molecule has 1 atom stereocenters. The number of hydrogen-bond acceptors (Lipinski definition) is 4. The van der Waals surface area contributed by atoms with Crippen LogP contribution in [0.15, 0.2) is 0 Å². The lowest BCUT2D eigenvalue weighted by Gasteiger charge is -2.10. The van der Waals surface area contributed by atoms with Crippen molar-refractivity contribution in [2.45, 2.75) is 19.4 Å². The maximum atomic E-state index is 11.0. The van der Waals surface area contributed by atoms with Gasteiger partial charge in [-0.2, -0.15) is 0 Å². The summed E-state index contributed by atoms with van der Waals surface area (Å²) in [6.45, 7) is 1.52. The molecule has 8 heteroatoms. The first-order valence-corrected chi connectivity index (χ1v) is 6.73. The highest BCUT2D eigenvalue weighted by atomic mass is 32.2. The summed E-state index contributed by atoms with van der Waals surface area (Å²) in [5.41, 5.74) is 0. The Morgan fingerprint density at radius 1 is 1.38 bits per heavy atom. The molecule has 0 saturated carbocycles. The fraction of sp³-hybridized carbons (Fsp3) is 0.750. The third-order valence-corrected chi connectivity index (χ3v) is 2.73. The Morgan fingerprint density at radius 3 is 2.38 bits per heavy atom. The van der Waals surface area contributed by atoms with Crippen molar-refractivity contribution in [3.8, 4) is 0 Å². The minimum absolute atomic E-state index is 0.0121. The number of carbonyl (C=O) groups is 2. The lowest BCUT2D eigenvalue weighted by Crippen LogP contribution is -2.44. The van der Waals surface area contributed by atoms with Gasteiger partial charge in [-0.1, -0.05) is 0 Å². The standard InChI is InChI=1S/C8H16N2O5S/c1-6(7(11)12)10-8(13)9-4-3-5-16(2,14)15/h6H,3-5H2,1-2H3,(H,11,12)(H2,9,10,13)/t6-/m0/s1. The van der Waals surface area contributed by atoms with E-state index in [1.54, 1.807) is 0 Å². The molecule has 0 spiro atoms. The van der Waals surface area contributed by atoms with E-state index in [1.807, 2.05) is 0 Å². The van der Waals surface area contributed by atoms with Gasteiger partial charge in [-0.3, -0.25) is 4.79 Å². The van der Waals surface area contributed by atoms with E-state index in [-0.39, 0.29) is 12.3 Å². The first-order chi connectivity index (χ1) is 7.22. The van der Waals surface area contributed by atoms with Crippen LogP contribution in [-0.2, 0) is 14.6 Å². The summed E-state index contributed by atoms with van der Waals surface area (Å²) < 4.78 is 21.5. The molecule has 0 rings (SSSR count).